The Hall–Kier alpha value is -1.92. The van der Waals surface area contributed by atoms with Gasteiger partial charge in [0, 0.05) is 37.3 Å². The highest BCUT2D eigenvalue weighted by Crippen LogP contribution is 2.19. The molecule has 1 aliphatic rings. The van der Waals surface area contributed by atoms with E-state index < -0.39 is 0 Å². The minimum Gasteiger partial charge on any atom is -0.378 e. The molecule has 0 aliphatic carbocycles. The third kappa shape index (κ3) is 4.29. The van der Waals surface area contributed by atoms with Crippen molar-refractivity contribution in [3.05, 3.63) is 29.3 Å². The van der Waals surface area contributed by atoms with Crippen molar-refractivity contribution in [2.75, 3.05) is 45.2 Å². The van der Waals surface area contributed by atoms with E-state index in [1.165, 1.54) is 0 Å². The van der Waals surface area contributed by atoms with Crippen LogP contribution in [0.1, 0.15) is 22.3 Å². The fourth-order valence-electron chi connectivity index (χ4n) is 2.29. The number of carbonyl (C=O) groups excluding carboxylic acids is 2. The van der Waals surface area contributed by atoms with Crippen LogP contribution < -0.4 is 10.6 Å². The molecule has 0 bridgehead atoms. The lowest BCUT2D eigenvalue weighted by molar-refractivity contribution is -0.116. The number of hydrogen-bond acceptors (Lipinski definition) is 4. The van der Waals surface area contributed by atoms with Crippen LogP contribution >= 0.6 is 0 Å². The normalized spacial score (nSPS) is 14.7. The molecule has 120 valence electrons. The first-order valence-corrected chi connectivity index (χ1v) is 7.54. The highest BCUT2D eigenvalue weighted by Gasteiger charge is 2.19. The van der Waals surface area contributed by atoms with Gasteiger partial charge in [-0.2, -0.15) is 0 Å². The number of nitrogens with zero attached hydrogens (tertiary/aromatic N) is 1. The number of nitrogens with one attached hydrogen (secondary N) is 2. The minimum absolute atomic E-state index is 0.0194. The smallest absolute Gasteiger partial charge is 0.254 e. The van der Waals surface area contributed by atoms with Crippen molar-refractivity contribution in [3.63, 3.8) is 0 Å². The summed E-state index contributed by atoms with van der Waals surface area (Å²) in [5, 5.41) is 5.81. The van der Waals surface area contributed by atoms with Gasteiger partial charge < -0.3 is 20.3 Å². The molecule has 2 rings (SSSR count). The summed E-state index contributed by atoms with van der Waals surface area (Å²) < 4.78 is 5.26. The van der Waals surface area contributed by atoms with Crippen molar-refractivity contribution in [2.24, 2.45) is 0 Å². The zero-order valence-corrected chi connectivity index (χ0v) is 13.1. The zero-order chi connectivity index (χ0) is 15.9. The van der Waals surface area contributed by atoms with E-state index in [2.05, 4.69) is 10.6 Å². The first-order valence-electron chi connectivity index (χ1n) is 7.54. The van der Waals surface area contributed by atoms with Crippen LogP contribution in [-0.4, -0.2) is 56.6 Å². The molecule has 6 nitrogen and oxygen atoms in total. The molecule has 1 fully saturated rings. The SMILES string of the molecule is CNCCC(=O)Nc1cc(C(=O)N2CCOCC2)ccc1C. The summed E-state index contributed by atoms with van der Waals surface area (Å²) in [7, 11) is 1.81. The fourth-order valence-corrected chi connectivity index (χ4v) is 2.29. The summed E-state index contributed by atoms with van der Waals surface area (Å²) in [6, 6.07) is 5.42. The molecule has 2 amide bonds. The molecule has 1 saturated heterocycles. The summed E-state index contributed by atoms with van der Waals surface area (Å²) in [6.45, 7) is 4.90. The Balaban J connectivity index is 2.08. The van der Waals surface area contributed by atoms with Gasteiger partial charge in [0.25, 0.3) is 5.91 Å². The van der Waals surface area contributed by atoms with E-state index in [1.54, 1.807) is 24.1 Å². The van der Waals surface area contributed by atoms with Crippen molar-refractivity contribution in [1.82, 2.24) is 10.2 Å². The number of morpholine rings is 1. The fraction of sp³-hybridized carbons (Fsp3) is 0.500. The van der Waals surface area contributed by atoms with Crippen LogP contribution in [0.2, 0.25) is 0 Å². The van der Waals surface area contributed by atoms with Crippen LogP contribution in [0.5, 0.6) is 0 Å². The molecule has 0 spiro atoms. The second-order valence-corrected chi connectivity index (χ2v) is 5.34. The quantitative estimate of drug-likeness (QED) is 0.852. The van der Waals surface area contributed by atoms with Crippen molar-refractivity contribution < 1.29 is 14.3 Å². The lowest BCUT2D eigenvalue weighted by Gasteiger charge is -2.27. The van der Waals surface area contributed by atoms with Gasteiger partial charge >= 0.3 is 0 Å². The molecule has 0 radical (unpaired) electrons. The van der Waals surface area contributed by atoms with E-state index in [-0.39, 0.29) is 11.8 Å². The molecule has 6 heteroatoms. The summed E-state index contributed by atoms with van der Waals surface area (Å²) in [4.78, 5) is 26.1. The van der Waals surface area contributed by atoms with E-state index in [0.717, 1.165) is 5.56 Å². The third-order valence-electron chi connectivity index (χ3n) is 3.66. The Labute approximate surface area is 130 Å². The monoisotopic (exact) mass is 305 g/mol. The van der Waals surface area contributed by atoms with E-state index in [0.29, 0.717) is 50.5 Å². The van der Waals surface area contributed by atoms with Gasteiger partial charge in [-0.05, 0) is 31.7 Å². The molecule has 0 saturated carbocycles. The molecule has 2 N–H and O–H groups in total. The number of benzene rings is 1. The number of amides is 2. The second-order valence-electron chi connectivity index (χ2n) is 5.34. The van der Waals surface area contributed by atoms with Crippen molar-refractivity contribution in [3.8, 4) is 0 Å². The number of anilines is 1. The Morgan fingerprint density at radius 1 is 1.27 bits per heavy atom. The van der Waals surface area contributed by atoms with Gasteiger partial charge in [-0.25, -0.2) is 0 Å². The van der Waals surface area contributed by atoms with Gasteiger partial charge in [0.2, 0.25) is 5.91 Å². The molecule has 0 atom stereocenters. The lowest BCUT2D eigenvalue weighted by Crippen LogP contribution is -2.40. The molecular formula is C16H23N3O3. The predicted molar refractivity (Wildman–Crippen MR) is 85.1 cm³/mol. The first kappa shape index (κ1) is 16.5. The largest absolute Gasteiger partial charge is 0.378 e. The number of ether oxygens (including phenoxy) is 1. The maximum atomic E-state index is 12.5. The first-order chi connectivity index (χ1) is 10.6. The van der Waals surface area contributed by atoms with E-state index in [9.17, 15) is 9.59 Å². The zero-order valence-electron chi connectivity index (χ0n) is 13.1. The number of rotatable bonds is 5. The van der Waals surface area contributed by atoms with Gasteiger partial charge in [-0.1, -0.05) is 6.07 Å². The average Bonchev–Trinajstić information content (AvgIpc) is 2.55. The maximum Gasteiger partial charge on any atom is 0.254 e. The molecule has 0 unspecified atom stereocenters. The highest BCUT2D eigenvalue weighted by molar-refractivity contribution is 5.97. The topological polar surface area (TPSA) is 70.7 Å². The van der Waals surface area contributed by atoms with Crippen molar-refractivity contribution in [2.45, 2.75) is 13.3 Å². The van der Waals surface area contributed by atoms with Crippen LogP contribution in [0.15, 0.2) is 18.2 Å². The van der Waals surface area contributed by atoms with Gasteiger partial charge in [0.1, 0.15) is 0 Å². The maximum absolute atomic E-state index is 12.5. The van der Waals surface area contributed by atoms with Gasteiger partial charge in [-0.3, -0.25) is 9.59 Å². The van der Waals surface area contributed by atoms with Gasteiger partial charge in [0.05, 0.1) is 13.2 Å². The Morgan fingerprint density at radius 2 is 2.00 bits per heavy atom. The highest BCUT2D eigenvalue weighted by atomic mass is 16.5. The van der Waals surface area contributed by atoms with E-state index >= 15 is 0 Å². The summed E-state index contributed by atoms with van der Waals surface area (Å²) in [5.41, 5.74) is 2.23. The number of carbonyl (C=O) groups is 2. The summed E-state index contributed by atoms with van der Waals surface area (Å²) in [5.74, 6) is -0.0811. The van der Waals surface area contributed by atoms with Crippen LogP contribution in [0.3, 0.4) is 0 Å². The Bertz CT molecular complexity index is 539. The molecule has 1 aliphatic heterocycles. The molecule has 22 heavy (non-hydrogen) atoms. The predicted octanol–water partition coefficient (Wildman–Crippen LogP) is 1.02. The third-order valence-corrected chi connectivity index (χ3v) is 3.66. The molecule has 0 aromatic heterocycles. The standard InChI is InChI=1S/C16H23N3O3/c1-12-3-4-13(16(21)19-7-9-22-10-8-19)11-14(12)18-15(20)5-6-17-2/h3-4,11,17H,5-10H2,1-2H3,(H,18,20). The van der Waals surface area contributed by atoms with E-state index in [1.807, 2.05) is 13.0 Å². The summed E-state index contributed by atoms with van der Waals surface area (Å²) >= 11 is 0. The van der Waals surface area contributed by atoms with Gasteiger partial charge in [0.15, 0.2) is 0 Å². The molecule has 1 aromatic rings. The number of aryl methyl sites for hydroxylation is 1. The van der Waals surface area contributed by atoms with Crippen LogP contribution in [0.25, 0.3) is 0 Å². The van der Waals surface area contributed by atoms with Crippen LogP contribution in [0.4, 0.5) is 5.69 Å². The van der Waals surface area contributed by atoms with Crippen molar-refractivity contribution >= 4 is 17.5 Å². The molecule has 1 heterocycles. The van der Waals surface area contributed by atoms with Crippen LogP contribution in [0, 0.1) is 6.92 Å². The lowest BCUT2D eigenvalue weighted by atomic mass is 10.1. The van der Waals surface area contributed by atoms with E-state index in [4.69, 9.17) is 4.74 Å². The van der Waals surface area contributed by atoms with Gasteiger partial charge in [-0.15, -0.1) is 0 Å². The number of hydrogen-bond donors (Lipinski definition) is 2. The molecule has 1 aromatic carbocycles. The minimum atomic E-state index is -0.0616. The second kappa shape index (κ2) is 7.91. The average molecular weight is 305 g/mol. The van der Waals surface area contributed by atoms with Crippen molar-refractivity contribution in [1.29, 1.82) is 0 Å². The Morgan fingerprint density at radius 3 is 2.68 bits per heavy atom. The van der Waals surface area contributed by atoms with Crippen LogP contribution in [-0.2, 0) is 9.53 Å². The summed E-state index contributed by atoms with van der Waals surface area (Å²) in [6.07, 6.45) is 0.400. The Kier molecular flexibility index (Phi) is 5.91. The molecular weight excluding hydrogens is 282 g/mol.